The van der Waals surface area contributed by atoms with E-state index in [-0.39, 0.29) is 11.9 Å². The van der Waals surface area contributed by atoms with Crippen LogP contribution in [0.4, 0.5) is 0 Å². The summed E-state index contributed by atoms with van der Waals surface area (Å²) in [6.07, 6.45) is 1.05. The molecule has 22 heavy (non-hydrogen) atoms. The molecule has 120 valence electrons. The van der Waals surface area contributed by atoms with Crippen LogP contribution in [0.15, 0.2) is 29.2 Å². The molecule has 1 amide bonds. The van der Waals surface area contributed by atoms with Gasteiger partial charge in [-0.2, -0.15) is 0 Å². The van der Waals surface area contributed by atoms with E-state index in [4.69, 9.17) is 4.74 Å². The molecule has 0 spiro atoms. The van der Waals surface area contributed by atoms with Crippen LogP contribution < -0.4 is 0 Å². The summed E-state index contributed by atoms with van der Waals surface area (Å²) in [5.74, 6) is 1.27. The third kappa shape index (κ3) is 3.65. The van der Waals surface area contributed by atoms with E-state index in [2.05, 4.69) is 34.1 Å². The summed E-state index contributed by atoms with van der Waals surface area (Å²) in [6.45, 7) is 7.01. The first-order valence-corrected chi connectivity index (χ1v) is 9.03. The highest BCUT2D eigenvalue weighted by Gasteiger charge is 2.28. The summed E-state index contributed by atoms with van der Waals surface area (Å²) in [6, 6.07) is 8.75. The van der Waals surface area contributed by atoms with Crippen molar-refractivity contribution < 1.29 is 9.53 Å². The average molecular weight is 320 g/mol. The van der Waals surface area contributed by atoms with Crippen LogP contribution in [0, 0.1) is 0 Å². The Morgan fingerprint density at radius 1 is 1.36 bits per heavy atom. The van der Waals surface area contributed by atoms with Gasteiger partial charge in [-0.05, 0) is 18.1 Å². The van der Waals surface area contributed by atoms with Crippen molar-refractivity contribution in [2.45, 2.75) is 24.3 Å². The number of thioether (sulfide) groups is 1. The van der Waals surface area contributed by atoms with Crippen LogP contribution >= 0.6 is 11.8 Å². The first-order chi connectivity index (χ1) is 10.8. The molecule has 1 aromatic carbocycles. The second-order valence-electron chi connectivity index (χ2n) is 5.86. The highest BCUT2D eigenvalue weighted by Crippen LogP contribution is 2.39. The molecule has 3 rings (SSSR count). The first kappa shape index (κ1) is 15.8. The lowest BCUT2D eigenvalue weighted by Crippen LogP contribution is -2.44. The number of hydrogen-bond donors (Lipinski definition) is 0. The number of hydrogen-bond acceptors (Lipinski definition) is 4. The summed E-state index contributed by atoms with van der Waals surface area (Å²) in [5, 5.41) is 0. The molecule has 2 aliphatic heterocycles. The van der Waals surface area contributed by atoms with Crippen LogP contribution in [-0.4, -0.2) is 60.9 Å². The van der Waals surface area contributed by atoms with E-state index in [0.29, 0.717) is 0 Å². The second kappa shape index (κ2) is 7.49. The Balaban J connectivity index is 1.70. The van der Waals surface area contributed by atoms with Gasteiger partial charge in [-0.1, -0.05) is 18.2 Å². The predicted molar refractivity (Wildman–Crippen MR) is 89.2 cm³/mol. The Morgan fingerprint density at radius 2 is 2.14 bits per heavy atom. The number of fused-ring (bicyclic) bond motifs is 1. The zero-order chi connectivity index (χ0) is 15.4. The van der Waals surface area contributed by atoms with E-state index >= 15 is 0 Å². The lowest BCUT2D eigenvalue weighted by atomic mass is 10.0. The van der Waals surface area contributed by atoms with Crippen molar-refractivity contribution >= 4 is 17.7 Å². The molecule has 4 nitrogen and oxygen atoms in total. The van der Waals surface area contributed by atoms with Crippen molar-refractivity contribution in [3.8, 4) is 0 Å². The van der Waals surface area contributed by atoms with Crippen LogP contribution in [-0.2, 0) is 9.53 Å². The van der Waals surface area contributed by atoms with E-state index in [1.165, 1.54) is 10.5 Å². The fourth-order valence-electron chi connectivity index (χ4n) is 3.25. The fourth-order valence-corrected chi connectivity index (χ4v) is 4.36. The Hall–Kier alpha value is -1.04. The van der Waals surface area contributed by atoms with Crippen LogP contribution in [0.2, 0.25) is 0 Å². The SMILES string of the molecule is CC(=O)N(CCN1CCOCC1)C1CCSc2ccccc21. The van der Waals surface area contributed by atoms with Crippen LogP contribution in [0.1, 0.15) is 24.9 Å². The Kier molecular flexibility index (Phi) is 5.39. The number of carbonyl (C=O) groups excluding carboxylic acids is 1. The van der Waals surface area contributed by atoms with Crippen molar-refractivity contribution in [3.05, 3.63) is 29.8 Å². The molecular weight excluding hydrogens is 296 g/mol. The molecule has 1 atom stereocenters. The number of ether oxygens (including phenoxy) is 1. The Bertz CT molecular complexity index is 517. The molecule has 1 saturated heterocycles. The van der Waals surface area contributed by atoms with Gasteiger partial charge in [0.15, 0.2) is 0 Å². The minimum atomic E-state index is 0.181. The van der Waals surface area contributed by atoms with Crippen LogP contribution in [0.25, 0.3) is 0 Å². The second-order valence-corrected chi connectivity index (χ2v) is 6.99. The van der Waals surface area contributed by atoms with Gasteiger partial charge in [0.1, 0.15) is 0 Å². The highest BCUT2D eigenvalue weighted by molar-refractivity contribution is 7.99. The van der Waals surface area contributed by atoms with Gasteiger partial charge < -0.3 is 9.64 Å². The van der Waals surface area contributed by atoms with Gasteiger partial charge in [0, 0.05) is 43.8 Å². The maximum absolute atomic E-state index is 12.2. The highest BCUT2D eigenvalue weighted by atomic mass is 32.2. The smallest absolute Gasteiger partial charge is 0.220 e. The maximum atomic E-state index is 12.2. The molecule has 0 aliphatic carbocycles. The van der Waals surface area contributed by atoms with Crippen LogP contribution in [0.3, 0.4) is 0 Å². The fraction of sp³-hybridized carbons (Fsp3) is 0.588. The normalized spacial score (nSPS) is 22.1. The van der Waals surface area contributed by atoms with Crippen molar-refractivity contribution in [2.24, 2.45) is 0 Å². The minimum Gasteiger partial charge on any atom is -0.379 e. The molecule has 2 aliphatic rings. The Labute approximate surface area is 136 Å². The minimum absolute atomic E-state index is 0.181. The molecule has 1 unspecified atom stereocenters. The summed E-state index contributed by atoms with van der Waals surface area (Å²) in [5.41, 5.74) is 1.32. The largest absolute Gasteiger partial charge is 0.379 e. The molecule has 5 heteroatoms. The van der Waals surface area contributed by atoms with Crippen molar-refractivity contribution in [2.75, 3.05) is 45.1 Å². The van der Waals surface area contributed by atoms with Gasteiger partial charge in [-0.3, -0.25) is 9.69 Å². The number of morpholine rings is 1. The monoisotopic (exact) mass is 320 g/mol. The number of rotatable bonds is 4. The first-order valence-electron chi connectivity index (χ1n) is 8.05. The number of nitrogens with zero attached hydrogens (tertiary/aromatic N) is 2. The van der Waals surface area contributed by atoms with Gasteiger partial charge in [-0.15, -0.1) is 11.8 Å². The standard InChI is InChI=1S/C17H24N2O2S/c1-14(20)19(8-7-18-9-11-21-12-10-18)16-6-13-22-17-5-3-2-4-15(16)17/h2-5,16H,6-13H2,1H3. The zero-order valence-electron chi connectivity index (χ0n) is 13.2. The summed E-state index contributed by atoms with van der Waals surface area (Å²) < 4.78 is 5.39. The Morgan fingerprint density at radius 3 is 2.91 bits per heavy atom. The molecular formula is C17H24N2O2S. The van der Waals surface area contributed by atoms with Gasteiger partial charge in [0.2, 0.25) is 5.91 Å². The number of benzene rings is 1. The van der Waals surface area contributed by atoms with E-state index < -0.39 is 0 Å². The van der Waals surface area contributed by atoms with Gasteiger partial charge in [-0.25, -0.2) is 0 Å². The maximum Gasteiger partial charge on any atom is 0.220 e. The zero-order valence-corrected chi connectivity index (χ0v) is 14.0. The number of carbonyl (C=O) groups is 1. The lowest BCUT2D eigenvalue weighted by Gasteiger charge is -2.37. The quantitative estimate of drug-likeness (QED) is 0.853. The topological polar surface area (TPSA) is 32.8 Å². The van der Waals surface area contributed by atoms with Gasteiger partial charge in [0.25, 0.3) is 0 Å². The molecule has 0 aromatic heterocycles. The molecule has 1 fully saturated rings. The van der Waals surface area contributed by atoms with Gasteiger partial charge in [0.05, 0.1) is 19.3 Å². The van der Waals surface area contributed by atoms with E-state index in [1.807, 2.05) is 11.8 Å². The molecule has 0 saturated carbocycles. The third-order valence-electron chi connectivity index (χ3n) is 4.47. The summed E-state index contributed by atoms with van der Waals surface area (Å²) in [4.78, 5) is 18.0. The summed E-state index contributed by atoms with van der Waals surface area (Å²) in [7, 11) is 0. The van der Waals surface area contributed by atoms with Crippen molar-refractivity contribution in [1.82, 2.24) is 9.80 Å². The van der Waals surface area contributed by atoms with Crippen molar-refractivity contribution in [3.63, 3.8) is 0 Å². The predicted octanol–water partition coefficient (Wildman–Crippen LogP) is 2.40. The molecule has 1 aromatic rings. The van der Waals surface area contributed by atoms with Crippen molar-refractivity contribution in [1.29, 1.82) is 0 Å². The number of amides is 1. The third-order valence-corrected chi connectivity index (χ3v) is 5.59. The molecule has 2 heterocycles. The van der Waals surface area contributed by atoms with E-state index in [1.54, 1.807) is 6.92 Å². The molecule has 0 bridgehead atoms. The van der Waals surface area contributed by atoms with E-state index in [9.17, 15) is 4.79 Å². The van der Waals surface area contributed by atoms with Gasteiger partial charge >= 0.3 is 0 Å². The molecule has 0 radical (unpaired) electrons. The van der Waals surface area contributed by atoms with E-state index in [0.717, 1.165) is 51.6 Å². The lowest BCUT2D eigenvalue weighted by molar-refractivity contribution is -0.131. The van der Waals surface area contributed by atoms with Crippen LogP contribution in [0.5, 0.6) is 0 Å². The summed E-state index contributed by atoms with van der Waals surface area (Å²) >= 11 is 1.90. The average Bonchev–Trinajstić information content (AvgIpc) is 2.56. The molecule has 0 N–H and O–H groups in total.